The van der Waals surface area contributed by atoms with Crippen LogP contribution in [0.1, 0.15) is 59.8 Å². The molecular weight excluding hydrogens is 328 g/mol. The molecule has 2 bridgehead atoms. The zero-order chi connectivity index (χ0) is 19.0. The summed E-state index contributed by atoms with van der Waals surface area (Å²) in [5.74, 6) is 0.0278. The zero-order valence-corrected chi connectivity index (χ0v) is 16.8. The van der Waals surface area contributed by atoms with Gasteiger partial charge in [0.2, 0.25) is 0 Å². The van der Waals surface area contributed by atoms with Crippen molar-refractivity contribution in [1.29, 1.82) is 0 Å². The minimum absolute atomic E-state index is 0.0588. The van der Waals surface area contributed by atoms with Gasteiger partial charge in [0, 0.05) is 23.2 Å². The summed E-state index contributed by atoms with van der Waals surface area (Å²) in [6.45, 7) is 14.1. The number of hydrogen-bond acceptors (Lipinski definition) is 4. The van der Waals surface area contributed by atoms with Gasteiger partial charge in [0.25, 0.3) is 0 Å². The summed E-state index contributed by atoms with van der Waals surface area (Å²) < 4.78 is 12.6. The molecule has 0 aromatic carbocycles. The molecule has 1 saturated heterocycles. The van der Waals surface area contributed by atoms with Crippen LogP contribution in [-0.4, -0.2) is 41.4 Å². The highest BCUT2D eigenvalue weighted by atomic mass is 16.7. The third kappa shape index (κ3) is 2.10. The molecule has 3 unspecified atom stereocenters. The summed E-state index contributed by atoms with van der Waals surface area (Å²) in [6, 6.07) is 0. The summed E-state index contributed by atoms with van der Waals surface area (Å²) in [5, 5.41) is 22.9. The van der Waals surface area contributed by atoms with Crippen molar-refractivity contribution in [3.63, 3.8) is 0 Å². The van der Waals surface area contributed by atoms with Crippen molar-refractivity contribution in [2.75, 3.05) is 13.2 Å². The maximum absolute atomic E-state index is 11.5. The van der Waals surface area contributed by atoms with Crippen molar-refractivity contribution >= 4 is 0 Å². The standard InChI is InChI=1S/C22H36O4/c1-6-19(4)13-16(23)20(5)14(2)7-8-21(15(3)17(19)24)9-10-22(18(20)21)25-11-12-26-22/h6,14-18,23-24H,1,7-13H2,2-5H3/t14-,15-,16-,17?,18?,19+,20+,21?/m1/s1. The normalized spacial score (nSPS) is 56.0. The van der Waals surface area contributed by atoms with Gasteiger partial charge >= 0.3 is 0 Å². The Kier molecular flexibility index (Phi) is 4.21. The van der Waals surface area contributed by atoms with Crippen LogP contribution in [0.25, 0.3) is 0 Å². The molecule has 0 amide bonds. The second-order valence-corrected chi connectivity index (χ2v) is 10.1. The molecule has 4 heteroatoms. The van der Waals surface area contributed by atoms with Crippen LogP contribution in [0.3, 0.4) is 0 Å². The van der Waals surface area contributed by atoms with E-state index in [0.29, 0.717) is 25.6 Å². The van der Waals surface area contributed by atoms with Gasteiger partial charge in [-0.15, -0.1) is 6.58 Å². The summed E-state index contributed by atoms with van der Waals surface area (Å²) in [7, 11) is 0. The Morgan fingerprint density at radius 1 is 1.04 bits per heavy atom. The van der Waals surface area contributed by atoms with E-state index in [1.54, 1.807) is 0 Å². The van der Waals surface area contributed by atoms with Gasteiger partial charge in [-0.25, -0.2) is 0 Å². The van der Waals surface area contributed by atoms with Gasteiger partial charge < -0.3 is 19.7 Å². The molecule has 3 saturated carbocycles. The van der Waals surface area contributed by atoms with Crippen molar-refractivity contribution < 1.29 is 19.7 Å². The SMILES string of the molecule is C=C[C@@]1(C)C[C@@H](O)[C@@]2(C)C3C4(CCC3(CC[C@H]2C)[C@H](C)C1O)OCCO4. The fourth-order valence-electron chi connectivity index (χ4n) is 7.44. The average Bonchev–Trinajstić information content (AvgIpc) is 3.23. The van der Waals surface area contributed by atoms with Gasteiger partial charge in [-0.1, -0.05) is 33.8 Å². The Bertz CT molecular complexity index is 585. The number of aliphatic hydroxyl groups is 2. The van der Waals surface area contributed by atoms with E-state index in [-0.39, 0.29) is 22.7 Å². The van der Waals surface area contributed by atoms with Gasteiger partial charge in [0.1, 0.15) is 0 Å². The van der Waals surface area contributed by atoms with E-state index in [2.05, 4.69) is 34.3 Å². The van der Waals surface area contributed by atoms with Gasteiger partial charge in [-0.3, -0.25) is 0 Å². The molecule has 1 spiro atoms. The van der Waals surface area contributed by atoms with E-state index in [1.165, 1.54) is 0 Å². The Morgan fingerprint density at radius 2 is 1.69 bits per heavy atom. The third-order valence-electron chi connectivity index (χ3n) is 9.33. The predicted octanol–water partition coefficient (Wildman–Crippen LogP) is 3.52. The van der Waals surface area contributed by atoms with Crippen molar-refractivity contribution in [3.8, 4) is 0 Å². The molecule has 4 fully saturated rings. The second-order valence-electron chi connectivity index (χ2n) is 10.1. The van der Waals surface area contributed by atoms with Crippen LogP contribution < -0.4 is 0 Å². The molecule has 4 rings (SSSR count). The largest absolute Gasteiger partial charge is 0.393 e. The van der Waals surface area contributed by atoms with Crippen LogP contribution >= 0.6 is 0 Å². The number of ether oxygens (including phenoxy) is 2. The zero-order valence-electron chi connectivity index (χ0n) is 16.8. The van der Waals surface area contributed by atoms with Crippen molar-refractivity contribution in [3.05, 3.63) is 12.7 Å². The van der Waals surface area contributed by atoms with E-state index in [4.69, 9.17) is 9.47 Å². The van der Waals surface area contributed by atoms with Crippen molar-refractivity contribution in [2.45, 2.75) is 77.8 Å². The Hall–Kier alpha value is -0.420. The smallest absolute Gasteiger partial charge is 0.172 e. The highest BCUT2D eigenvalue weighted by Crippen LogP contribution is 2.72. The molecular formula is C22H36O4. The van der Waals surface area contributed by atoms with Gasteiger partial charge in [-0.05, 0) is 42.9 Å². The first-order chi connectivity index (χ1) is 12.2. The number of rotatable bonds is 1. The van der Waals surface area contributed by atoms with Crippen LogP contribution in [0.15, 0.2) is 12.7 Å². The van der Waals surface area contributed by atoms with E-state index in [9.17, 15) is 10.2 Å². The predicted molar refractivity (Wildman–Crippen MR) is 100 cm³/mol. The fourth-order valence-corrected chi connectivity index (χ4v) is 7.44. The third-order valence-corrected chi connectivity index (χ3v) is 9.33. The summed E-state index contributed by atoms with van der Waals surface area (Å²) in [5.41, 5.74) is -0.837. The lowest BCUT2D eigenvalue weighted by atomic mass is 9.43. The van der Waals surface area contributed by atoms with Crippen LogP contribution in [0.5, 0.6) is 0 Å². The lowest BCUT2D eigenvalue weighted by Gasteiger charge is -2.63. The van der Waals surface area contributed by atoms with Crippen molar-refractivity contribution in [1.82, 2.24) is 0 Å². The molecule has 1 aliphatic heterocycles. The number of hydrogen-bond donors (Lipinski definition) is 2. The topological polar surface area (TPSA) is 58.9 Å². The van der Waals surface area contributed by atoms with E-state index >= 15 is 0 Å². The minimum Gasteiger partial charge on any atom is -0.393 e. The van der Waals surface area contributed by atoms with Gasteiger partial charge in [-0.2, -0.15) is 0 Å². The van der Waals surface area contributed by atoms with Crippen LogP contribution in [-0.2, 0) is 9.47 Å². The molecule has 0 aromatic rings. The second kappa shape index (κ2) is 5.79. The quantitative estimate of drug-likeness (QED) is 0.699. The Labute approximate surface area is 158 Å². The highest BCUT2D eigenvalue weighted by molar-refractivity contribution is 5.20. The molecule has 0 aromatic heterocycles. The van der Waals surface area contributed by atoms with Crippen LogP contribution in [0, 0.1) is 34.0 Å². The van der Waals surface area contributed by atoms with E-state index in [1.807, 2.05) is 6.08 Å². The molecule has 3 aliphatic carbocycles. The average molecular weight is 365 g/mol. The highest BCUT2D eigenvalue weighted by Gasteiger charge is 2.73. The Balaban J connectivity index is 1.92. The van der Waals surface area contributed by atoms with Gasteiger partial charge in [0.05, 0.1) is 25.4 Å². The molecule has 4 aliphatic rings. The monoisotopic (exact) mass is 364 g/mol. The fraction of sp³-hybridized carbons (Fsp3) is 0.909. The molecule has 4 nitrogen and oxygen atoms in total. The maximum Gasteiger partial charge on any atom is 0.172 e. The first-order valence-corrected chi connectivity index (χ1v) is 10.4. The van der Waals surface area contributed by atoms with Crippen LogP contribution in [0.4, 0.5) is 0 Å². The van der Waals surface area contributed by atoms with E-state index in [0.717, 1.165) is 25.7 Å². The van der Waals surface area contributed by atoms with E-state index < -0.39 is 23.4 Å². The first-order valence-electron chi connectivity index (χ1n) is 10.4. The maximum atomic E-state index is 11.5. The van der Waals surface area contributed by atoms with Crippen molar-refractivity contribution in [2.24, 2.45) is 34.0 Å². The number of aliphatic hydroxyl groups excluding tert-OH is 2. The minimum atomic E-state index is -0.583. The molecule has 8 atom stereocenters. The Morgan fingerprint density at radius 3 is 2.31 bits per heavy atom. The summed E-state index contributed by atoms with van der Waals surface area (Å²) in [4.78, 5) is 0. The molecule has 26 heavy (non-hydrogen) atoms. The van der Waals surface area contributed by atoms with Crippen LogP contribution in [0.2, 0.25) is 0 Å². The molecule has 0 radical (unpaired) electrons. The van der Waals surface area contributed by atoms with Gasteiger partial charge in [0.15, 0.2) is 5.79 Å². The first kappa shape index (κ1) is 18.9. The summed E-state index contributed by atoms with van der Waals surface area (Å²) >= 11 is 0. The molecule has 1 heterocycles. The molecule has 148 valence electrons. The lowest BCUT2D eigenvalue weighted by molar-refractivity contribution is -0.281. The molecule has 2 N–H and O–H groups in total. The lowest BCUT2D eigenvalue weighted by Crippen LogP contribution is -2.65. The summed E-state index contributed by atoms with van der Waals surface area (Å²) in [6.07, 6.45) is 5.38.